The lowest BCUT2D eigenvalue weighted by atomic mass is 10.1. The lowest BCUT2D eigenvalue weighted by molar-refractivity contribution is -0.384. The van der Waals surface area contributed by atoms with E-state index in [4.69, 9.17) is 16.9 Å². The lowest BCUT2D eigenvalue weighted by Crippen LogP contribution is -2.31. The summed E-state index contributed by atoms with van der Waals surface area (Å²) in [5.74, 6) is -0.421. The molecule has 0 saturated heterocycles. The smallest absolute Gasteiger partial charge is 0.293 e. The van der Waals surface area contributed by atoms with Crippen LogP contribution in [0.15, 0.2) is 42.5 Å². The summed E-state index contributed by atoms with van der Waals surface area (Å²) in [6.45, 7) is 2.31. The van der Waals surface area contributed by atoms with E-state index in [1.165, 1.54) is 23.1 Å². The van der Waals surface area contributed by atoms with Crippen LogP contribution in [0.1, 0.15) is 22.8 Å². The molecule has 0 aromatic heterocycles. The van der Waals surface area contributed by atoms with Gasteiger partial charge < -0.3 is 10.2 Å². The Labute approximate surface area is 155 Å². The minimum absolute atomic E-state index is 0.0738. The average molecular weight is 373 g/mol. The predicted octanol–water partition coefficient (Wildman–Crippen LogP) is 3.85. The number of nitrogens with one attached hydrogen (secondary N) is 1. The molecule has 0 spiro atoms. The second kappa shape index (κ2) is 8.83. The Morgan fingerprint density at radius 2 is 2.08 bits per heavy atom. The highest BCUT2D eigenvalue weighted by Gasteiger charge is 2.20. The van der Waals surface area contributed by atoms with Crippen LogP contribution in [0.3, 0.4) is 0 Å². The molecule has 134 valence electrons. The molecular formula is C18H17ClN4O3. The number of halogens is 1. The van der Waals surface area contributed by atoms with Crippen LogP contribution in [0.4, 0.5) is 11.4 Å². The van der Waals surface area contributed by atoms with Gasteiger partial charge in [-0.25, -0.2) is 0 Å². The van der Waals surface area contributed by atoms with Gasteiger partial charge in [-0.1, -0.05) is 29.8 Å². The number of carbonyl (C=O) groups excluding carboxylic acids is 1. The summed E-state index contributed by atoms with van der Waals surface area (Å²) in [6, 6.07) is 13.3. The van der Waals surface area contributed by atoms with Crippen molar-refractivity contribution in [2.24, 2.45) is 0 Å². The van der Waals surface area contributed by atoms with Gasteiger partial charge >= 0.3 is 0 Å². The average Bonchev–Trinajstić information content (AvgIpc) is 2.64. The molecule has 0 bridgehead atoms. The molecule has 0 fully saturated rings. The van der Waals surface area contributed by atoms with Crippen molar-refractivity contribution in [3.63, 3.8) is 0 Å². The van der Waals surface area contributed by atoms with Gasteiger partial charge in [-0.05, 0) is 30.7 Å². The Hall–Kier alpha value is -3.11. The summed E-state index contributed by atoms with van der Waals surface area (Å²) in [6.07, 6.45) is 0. The van der Waals surface area contributed by atoms with E-state index in [1.54, 1.807) is 19.1 Å². The highest BCUT2D eigenvalue weighted by molar-refractivity contribution is 6.31. The van der Waals surface area contributed by atoms with Crippen LogP contribution >= 0.6 is 11.6 Å². The summed E-state index contributed by atoms with van der Waals surface area (Å²) < 4.78 is 0. The van der Waals surface area contributed by atoms with Gasteiger partial charge in [0.05, 0.1) is 11.0 Å². The van der Waals surface area contributed by atoms with Crippen LogP contribution in [-0.2, 0) is 6.54 Å². The van der Waals surface area contributed by atoms with Crippen molar-refractivity contribution in [1.82, 2.24) is 4.90 Å². The first kappa shape index (κ1) is 19.2. The Balaban J connectivity index is 2.26. The van der Waals surface area contributed by atoms with Gasteiger partial charge in [-0.3, -0.25) is 14.9 Å². The van der Waals surface area contributed by atoms with E-state index < -0.39 is 10.8 Å². The summed E-state index contributed by atoms with van der Waals surface area (Å²) in [7, 11) is 0. The van der Waals surface area contributed by atoms with Gasteiger partial charge in [0.2, 0.25) is 0 Å². The SMILES string of the molecule is CCN(CC#N)C(=O)c1ccc(NCc2ccccc2Cl)c([N+](=O)[O-])c1. The third kappa shape index (κ3) is 4.49. The maximum atomic E-state index is 12.4. The van der Waals surface area contributed by atoms with Crippen molar-refractivity contribution in [3.05, 3.63) is 68.7 Å². The zero-order valence-electron chi connectivity index (χ0n) is 14.1. The van der Waals surface area contributed by atoms with Crippen LogP contribution in [0, 0.1) is 21.4 Å². The minimum atomic E-state index is -0.549. The van der Waals surface area contributed by atoms with Crippen LogP contribution < -0.4 is 5.32 Å². The Morgan fingerprint density at radius 1 is 1.35 bits per heavy atom. The van der Waals surface area contributed by atoms with Crippen molar-refractivity contribution in [3.8, 4) is 6.07 Å². The number of nitro groups is 1. The third-order valence-corrected chi connectivity index (χ3v) is 4.17. The third-order valence-electron chi connectivity index (χ3n) is 3.80. The molecule has 0 unspecified atom stereocenters. The predicted molar refractivity (Wildman–Crippen MR) is 99.1 cm³/mol. The van der Waals surface area contributed by atoms with Gasteiger partial charge in [0, 0.05) is 29.7 Å². The van der Waals surface area contributed by atoms with Gasteiger partial charge in [0.25, 0.3) is 11.6 Å². The fraction of sp³-hybridized carbons (Fsp3) is 0.222. The zero-order valence-corrected chi connectivity index (χ0v) is 14.9. The molecule has 1 amide bonds. The minimum Gasteiger partial charge on any atom is -0.375 e. The maximum absolute atomic E-state index is 12.4. The van der Waals surface area contributed by atoms with Crippen molar-refractivity contribution >= 4 is 28.9 Å². The van der Waals surface area contributed by atoms with Crippen molar-refractivity contribution in [2.75, 3.05) is 18.4 Å². The number of rotatable bonds is 7. The summed E-state index contributed by atoms with van der Waals surface area (Å²) in [5.41, 5.74) is 1.04. The number of hydrogen-bond donors (Lipinski definition) is 1. The number of nitriles is 1. The van der Waals surface area contributed by atoms with E-state index in [9.17, 15) is 14.9 Å². The van der Waals surface area contributed by atoms with Gasteiger partial charge in [0.1, 0.15) is 12.2 Å². The summed E-state index contributed by atoms with van der Waals surface area (Å²) in [5, 5.41) is 23.7. The van der Waals surface area contributed by atoms with Crippen LogP contribution in [0.5, 0.6) is 0 Å². The molecule has 0 saturated carbocycles. The van der Waals surface area contributed by atoms with E-state index >= 15 is 0 Å². The molecule has 0 atom stereocenters. The molecule has 0 aliphatic heterocycles. The highest BCUT2D eigenvalue weighted by atomic mass is 35.5. The van der Waals surface area contributed by atoms with E-state index in [0.717, 1.165) is 5.56 Å². The van der Waals surface area contributed by atoms with Crippen LogP contribution in [-0.4, -0.2) is 28.8 Å². The number of benzene rings is 2. The van der Waals surface area contributed by atoms with Crippen LogP contribution in [0.25, 0.3) is 0 Å². The Kier molecular flexibility index (Phi) is 6.53. The first-order chi connectivity index (χ1) is 12.5. The normalized spacial score (nSPS) is 10.0. The monoisotopic (exact) mass is 372 g/mol. The molecule has 0 heterocycles. The van der Waals surface area contributed by atoms with E-state index in [2.05, 4.69) is 5.32 Å². The summed E-state index contributed by atoms with van der Waals surface area (Å²) in [4.78, 5) is 24.6. The Morgan fingerprint density at radius 3 is 2.69 bits per heavy atom. The lowest BCUT2D eigenvalue weighted by Gasteiger charge is -2.17. The van der Waals surface area contributed by atoms with Crippen molar-refractivity contribution < 1.29 is 9.72 Å². The molecule has 2 aromatic carbocycles. The quantitative estimate of drug-likeness (QED) is 0.452. The molecule has 26 heavy (non-hydrogen) atoms. The molecule has 1 N–H and O–H groups in total. The number of carbonyl (C=O) groups is 1. The number of amides is 1. The topological polar surface area (TPSA) is 99.3 Å². The second-order valence-electron chi connectivity index (χ2n) is 5.41. The summed E-state index contributed by atoms with van der Waals surface area (Å²) >= 11 is 6.09. The van der Waals surface area contributed by atoms with Crippen molar-refractivity contribution in [2.45, 2.75) is 13.5 Å². The van der Waals surface area contributed by atoms with E-state index in [-0.39, 0.29) is 23.5 Å². The van der Waals surface area contributed by atoms with Crippen molar-refractivity contribution in [1.29, 1.82) is 5.26 Å². The van der Waals surface area contributed by atoms with Gasteiger partial charge in [-0.15, -0.1) is 0 Å². The molecule has 8 heteroatoms. The van der Waals surface area contributed by atoms with Gasteiger partial charge in [0.15, 0.2) is 0 Å². The zero-order chi connectivity index (χ0) is 19.1. The van der Waals surface area contributed by atoms with E-state index in [1.807, 2.05) is 18.2 Å². The second-order valence-corrected chi connectivity index (χ2v) is 5.82. The van der Waals surface area contributed by atoms with Crippen LogP contribution in [0.2, 0.25) is 5.02 Å². The molecule has 0 aliphatic rings. The van der Waals surface area contributed by atoms with Gasteiger partial charge in [-0.2, -0.15) is 5.26 Å². The highest BCUT2D eigenvalue weighted by Crippen LogP contribution is 2.27. The molecule has 0 aliphatic carbocycles. The maximum Gasteiger partial charge on any atom is 0.293 e. The first-order valence-corrected chi connectivity index (χ1v) is 8.27. The molecule has 7 nitrogen and oxygen atoms in total. The van der Waals surface area contributed by atoms with E-state index in [0.29, 0.717) is 18.1 Å². The Bertz CT molecular complexity index is 864. The number of hydrogen-bond acceptors (Lipinski definition) is 5. The first-order valence-electron chi connectivity index (χ1n) is 7.89. The number of nitro benzene ring substituents is 1. The fourth-order valence-corrected chi connectivity index (χ4v) is 2.60. The number of anilines is 1. The largest absolute Gasteiger partial charge is 0.375 e. The molecule has 2 rings (SSSR count). The molecule has 2 aromatic rings. The molecular weight excluding hydrogens is 356 g/mol. The standard InChI is InChI=1S/C18H17ClN4O3/c1-2-22(10-9-20)18(24)13-7-8-16(17(11-13)23(25)26)21-12-14-5-3-4-6-15(14)19/h3-8,11,21H,2,10,12H2,1H3. The fourth-order valence-electron chi connectivity index (χ4n) is 2.39. The molecule has 0 radical (unpaired) electrons. The number of nitrogens with zero attached hydrogens (tertiary/aromatic N) is 3.